The van der Waals surface area contributed by atoms with E-state index in [9.17, 15) is 9.59 Å². The molecule has 0 aliphatic rings. The number of hydrogen-bond donors (Lipinski definition) is 0. The maximum absolute atomic E-state index is 11.3. The number of hydrogen-bond acceptors (Lipinski definition) is 6. The van der Waals surface area contributed by atoms with Gasteiger partial charge in [0.1, 0.15) is 0 Å². The van der Waals surface area contributed by atoms with Crippen molar-refractivity contribution in [1.82, 2.24) is 0 Å². The quantitative estimate of drug-likeness (QED) is 0.468. The van der Waals surface area contributed by atoms with E-state index in [1.54, 1.807) is 25.1 Å². The number of carbonyl (C=O) groups excluding carboxylic acids is 2. The molecule has 20 heavy (non-hydrogen) atoms. The molecule has 0 N–H and O–H groups in total. The molecule has 0 aliphatic carbocycles. The molecule has 0 amide bonds. The number of rotatable bonds is 5. The van der Waals surface area contributed by atoms with Gasteiger partial charge in [0.2, 0.25) is 0 Å². The van der Waals surface area contributed by atoms with Gasteiger partial charge in [0.25, 0.3) is 0 Å². The third-order valence-electron chi connectivity index (χ3n) is 2.27. The van der Waals surface area contributed by atoms with E-state index in [4.69, 9.17) is 9.47 Å². The van der Waals surface area contributed by atoms with Gasteiger partial charge in [-0.3, -0.25) is 0 Å². The predicted octanol–water partition coefficient (Wildman–Crippen LogP) is 2.42. The van der Waals surface area contributed by atoms with Crippen LogP contribution >= 0.6 is 0 Å². The summed E-state index contributed by atoms with van der Waals surface area (Å²) < 4.78 is 19.1. The van der Waals surface area contributed by atoms with Gasteiger partial charge in [-0.05, 0) is 30.7 Å². The normalized spacial score (nSPS) is 10.2. The minimum absolute atomic E-state index is 0.144. The topological polar surface area (TPSA) is 71.1 Å². The van der Waals surface area contributed by atoms with Gasteiger partial charge in [-0.2, -0.15) is 0 Å². The second-order valence-corrected chi connectivity index (χ2v) is 3.55. The molecule has 6 nitrogen and oxygen atoms in total. The van der Waals surface area contributed by atoms with Gasteiger partial charge in [0.05, 0.1) is 20.8 Å². The van der Waals surface area contributed by atoms with Gasteiger partial charge in [-0.25, -0.2) is 9.59 Å². The van der Waals surface area contributed by atoms with Crippen LogP contribution in [0.4, 0.5) is 4.79 Å². The summed E-state index contributed by atoms with van der Waals surface area (Å²) in [7, 11) is 3.05. The lowest BCUT2D eigenvalue weighted by atomic mass is 10.2. The van der Waals surface area contributed by atoms with E-state index in [-0.39, 0.29) is 6.61 Å². The Balaban J connectivity index is 2.70. The van der Waals surface area contributed by atoms with E-state index >= 15 is 0 Å². The van der Waals surface area contributed by atoms with Crippen molar-refractivity contribution in [1.29, 1.82) is 0 Å². The Morgan fingerprint density at radius 1 is 1.15 bits per heavy atom. The molecule has 0 aromatic heterocycles. The van der Waals surface area contributed by atoms with Crippen molar-refractivity contribution in [3.8, 4) is 11.5 Å². The summed E-state index contributed by atoms with van der Waals surface area (Å²) in [5.41, 5.74) is 0.698. The van der Waals surface area contributed by atoms with Crippen LogP contribution in [0.5, 0.6) is 11.5 Å². The van der Waals surface area contributed by atoms with Crippen molar-refractivity contribution in [3.63, 3.8) is 0 Å². The van der Waals surface area contributed by atoms with Crippen LogP contribution in [-0.4, -0.2) is 33.0 Å². The molecule has 0 unspecified atom stereocenters. The summed E-state index contributed by atoms with van der Waals surface area (Å²) >= 11 is 0. The Hall–Kier alpha value is -2.50. The number of benzene rings is 1. The number of carbonyl (C=O) groups is 2. The van der Waals surface area contributed by atoms with Crippen LogP contribution in [0.2, 0.25) is 0 Å². The summed E-state index contributed by atoms with van der Waals surface area (Å²) in [6.45, 7) is 1.76. The Kier molecular flexibility index (Phi) is 6.09. The molecule has 0 saturated carbocycles. The third kappa shape index (κ3) is 4.64. The smallest absolute Gasteiger partial charge is 0.493 e. The lowest BCUT2D eigenvalue weighted by Crippen LogP contribution is -2.11. The van der Waals surface area contributed by atoms with Crippen molar-refractivity contribution in [2.75, 3.05) is 20.8 Å². The summed E-state index contributed by atoms with van der Waals surface area (Å²) in [5, 5.41) is 0. The molecule has 0 aliphatic heterocycles. The van der Waals surface area contributed by atoms with E-state index in [1.165, 1.54) is 20.3 Å². The average molecular weight is 280 g/mol. The molecule has 0 radical (unpaired) electrons. The molecule has 1 aromatic rings. The first-order chi connectivity index (χ1) is 9.60. The number of methoxy groups -OCH3 is 2. The second-order valence-electron chi connectivity index (χ2n) is 3.55. The monoisotopic (exact) mass is 280 g/mol. The van der Waals surface area contributed by atoms with Crippen LogP contribution in [-0.2, 0) is 14.3 Å². The molecular formula is C14H16O6. The molecule has 108 valence electrons. The summed E-state index contributed by atoms with van der Waals surface area (Å²) in [6.07, 6.45) is 1.59. The van der Waals surface area contributed by atoms with E-state index < -0.39 is 12.1 Å². The highest BCUT2D eigenvalue weighted by molar-refractivity contribution is 5.93. The summed E-state index contributed by atoms with van der Waals surface area (Å²) in [5.74, 6) is 0.311. The van der Waals surface area contributed by atoms with E-state index in [0.717, 1.165) is 6.08 Å². The lowest BCUT2D eigenvalue weighted by molar-refractivity contribution is -0.134. The average Bonchev–Trinajstić information content (AvgIpc) is 2.44. The molecule has 0 spiro atoms. The molecule has 0 bridgehead atoms. The maximum atomic E-state index is 11.3. The minimum Gasteiger partial charge on any atom is -0.493 e. The van der Waals surface area contributed by atoms with Crippen molar-refractivity contribution >= 4 is 18.2 Å². The fraction of sp³-hybridized carbons (Fsp3) is 0.286. The van der Waals surface area contributed by atoms with Crippen molar-refractivity contribution in [2.45, 2.75) is 6.92 Å². The fourth-order valence-electron chi connectivity index (χ4n) is 1.38. The molecule has 0 atom stereocenters. The van der Waals surface area contributed by atoms with E-state index in [0.29, 0.717) is 17.1 Å². The van der Waals surface area contributed by atoms with Gasteiger partial charge >= 0.3 is 12.1 Å². The first kappa shape index (κ1) is 15.6. The highest BCUT2D eigenvalue weighted by Crippen LogP contribution is 2.27. The third-order valence-corrected chi connectivity index (χ3v) is 2.27. The highest BCUT2D eigenvalue weighted by Gasteiger charge is 2.08. The van der Waals surface area contributed by atoms with Gasteiger partial charge < -0.3 is 18.9 Å². The van der Waals surface area contributed by atoms with Crippen LogP contribution < -0.4 is 9.47 Å². The van der Waals surface area contributed by atoms with Crippen LogP contribution in [0, 0.1) is 0 Å². The first-order valence-corrected chi connectivity index (χ1v) is 5.89. The molecule has 1 rings (SSSR count). The molecule has 6 heteroatoms. The number of ether oxygens (including phenoxy) is 4. The molecule has 0 heterocycles. The largest absolute Gasteiger partial charge is 0.516 e. The highest BCUT2D eigenvalue weighted by atomic mass is 16.7. The molecule has 0 saturated heterocycles. The van der Waals surface area contributed by atoms with Crippen molar-refractivity contribution in [3.05, 3.63) is 29.8 Å². The Labute approximate surface area is 116 Å². The van der Waals surface area contributed by atoms with E-state index in [2.05, 4.69) is 9.47 Å². The zero-order chi connectivity index (χ0) is 15.0. The zero-order valence-electron chi connectivity index (χ0n) is 11.5. The lowest BCUT2D eigenvalue weighted by Gasteiger charge is -2.07. The first-order valence-electron chi connectivity index (χ1n) is 5.89. The fourth-order valence-corrected chi connectivity index (χ4v) is 1.38. The predicted molar refractivity (Wildman–Crippen MR) is 71.7 cm³/mol. The standard InChI is InChI=1S/C14H16O6/c1-4-19-14(16)20-13(15)8-6-10-5-7-11(17-2)12(9-10)18-3/h5-9H,4H2,1-3H3. The zero-order valence-corrected chi connectivity index (χ0v) is 11.5. The van der Waals surface area contributed by atoms with Crippen LogP contribution in [0.3, 0.4) is 0 Å². The van der Waals surface area contributed by atoms with Crippen LogP contribution in [0.25, 0.3) is 6.08 Å². The van der Waals surface area contributed by atoms with Crippen LogP contribution in [0.15, 0.2) is 24.3 Å². The summed E-state index contributed by atoms with van der Waals surface area (Å²) in [6, 6.07) is 5.12. The Bertz CT molecular complexity index is 506. The molecular weight excluding hydrogens is 264 g/mol. The number of esters is 1. The Morgan fingerprint density at radius 3 is 2.45 bits per heavy atom. The molecule has 0 fully saturated rings. The van der Waals surface area contributed by atoms with Crippen molar-refractivity contribution in [2.24, 2.45) is 0 Å². The van der Waals surface area contributed by atoms with E-state index in [1.807, 2.05) is 0 Å². The SMILES string of the molecule is CCOC(=O)OC(=O)C=Cc1ccc(OC)c(OC)c1. The molecule has 1 aromatic carbocycles. The van der Waals surface area contributed by atoms with Crippen LogP contribution in [0.1, 0.15) is 12.5 Å². The van der Waals surface area contributed by atoms with Gasteiger partial charge in [-0.1, -0.05) is 6.07 Å². The summed E-state index contributed by atoms with van der Waals surface area (Å²) in [4.78, 5) is 22.2. The Morgan fingerprint density at radius 2 is 1.85 bits per heavy atom. The van der Waals surface area contributed by atoms with Crippen molar-refractivity contribution < 1.29 is 28.5 Å². The minimum atomic E-state index is -1.02. The second kappa shape index (κ2) is 7.83. The van der Waals surface area contributed by atoms with Gasteiger partial charge in [0, 0.05) is 6.08 Å². The van der Waals surface area contributed by atoms with Gasteiger partial charge in [-0.15, -0.1) is 0 Å². The maximum Gasteiger partial charge on any atom is 0.516 e. The van der Waals surface area contributed by atoms with Gasteiger partial charge in [0.15, 0.2) is 11.5 Å².